The third-order valence-electron chi connectivity index (χ3n) is 8.12. The van der Waals surface area contributed by atoms with Crippen molar-refractivity contribution in [3.63, 3.8) is 0 Å². The summed E-state index contributed by atoms with van der Waals surface area (Å²) < 4.78 is 0. The molecule has 0 spiro atoms. The Morgan fingerprint density at radius 3 is 1.71 bits per heavy atom. The van der Waals surface area contributed by atoms with Gasteiger partial charge in [0.15, 0.2) is 0 Å². The molecule has 0 radical (unpaired) electrons. The molecular formula is C24H26N4O6. The molecule has 0 aliphatic heterocycles. The van der Waals surface area contributed by atoms with Crippen molar-refractivity contribution in [2.45, 2.75) is 45.7 Å². The molecule has 2 bridgehead atoms. The van der Waals surface area contributed by atoms with Gasteiger partial charge in [-0.05, 0) is 53.9 Å². The number of nitro benzene ring substituents is 2. The largest absolute Gasteiger partial charge is 0.347 e. The van der Waals surface area contributed by atoms with E-state index >= 15 is 0 Å². The van der Waals surface area contributed by atoms with E-state index in [1.807, 2.05) is 0 Å². The second kappa shape index (κ2) is 8.19. The van der Waals surface area contributed by atoms with E-state index in [0.717, 1.165) is 12.8 Å². The zero-order valence-corrected chi connectivity index (χ0v) is 19.1. The lowest BCUT2D eigenvalue weighted by Crippen LogP contribution is -2.57. The Morgan fingerprint density at radius 1 is 0.824 bits per heavy atom. The molecule has 0 heterocycles. The summed E-state index contributed by atoms with van der Waals surface area (Å²) >= 11 is 0. The highest BCUT2D eigenvalue weighted by atomic mass is 16.6. The van der Waals surface area contributed by atoms with Gasteiger partial charge in [-0.15, -0.1) is 0 Å². The predicted octanol–water partition coefficient (Wildman–Crippen LogP) is 3.86. The fraction of sp³-hybridized carbons (Fsp3) is 0.417. The van der Waals surface area contributed by atoms with Gasteiger partial charge >= 0.3 is 0 Å². The van der Waals surface area contributed by atoms with Crippen molar-refractivity contribution in [3.8, 4) is 0 Å². The second-order valence-electron chi connectivity index (χ2n) is 9.84. The van der Waals surface area contributed by atoms with Crippen LogP contribution >= 0.6 is 0 Å². The molecule has 34 heavy (non-hydrogen) atoms. The maximum atomic E-state index is 13.1. The lowest BCUT2D eigenvalue weighted by Gasteiger charge is -2.40. The Bertz CT molecular complexity index is 1160. The number of fused-ring (bicyclic) bond motifs is 2. The minimum atomic E-state index is -0.523. The minimum Gasteiger partial charge on any atom is -0.347 e. The van der Waals surface area contributed by atoms with Crippen LogP contribution in [-0.4, -0.2) is 33.7 Å². The van der Waals surface area contributed by atoms with Gasteiger partial charge in [-0.25, -0.2) is 0 Å². The maximum absolute atomic E-state index is 13.1. The quantitative estimate of drug-likeness (QED) is 0.489. The summed E-state index contributed by atoms with van der Waals surface area (Å²) in [6.07, 6.45) is 1.79. The van der Waals surface area contributed by atoms with E-state index in [4.69, 9.17) is 0 Å². The molecule has 2 aliphatic rings. The monoisotopic (exact) mass is 466 g/mol. The highest BCUT2D eigenvalue weighted by Crippen LogP contribution is 2.65. The predicted molar refractivity (Wildman–Crippen MR) is 123 cm³/mol. The van der Waals surface area contributed by atoms with Crippen molar-refractivity contribution >= 4 is 23.2 Å². The number of carbonyl (C=O) groups is 2. The molecule has 0 aromatic heterocycles. The van der Waals surface area contributed by atoms with Crippen LogP contribution in [0.15, 0.2) is 48.5 Å². The Balaban J connectivity index is 1.57. The van der Waals surface area contributed by atoms with Gasteiger partial charge in [-0.1, -0.05) is 20.8 Å². The Kier molecular flexibility index (Phi) is 5.63. The average Bonchev–Trinajstić information content (AvgIpc) is 3.12. The molecular weight excluding hydrogens is 440 g/mol. The van der Waals surface area contributed by atoms with E-state index < -0.39 is 9.85 Å². The van der Waals surface area contributed by atoms with E-state index in [1.54, 1.807) is 0 Å². The van der Waals surface area contributed by atoms with Crippen LogP contribution in [0.25, 0.3) is 0 Å². The number of rotatable bonds is 6. The Labute approximate surface area is 196 Å². The molecule has 2 saturated carbocycles. The number of nitrogens with one attached hydrogen (secondary N) is 2. The summed E-state index contributed by atoms with van der Waals surface area (Å²) in [7, 11) is 0. The summed E-state index contributed by atoms with van der Waals surface area (Å²) in [5.41, 5.74) is -0.0294. The molecule has 4 atom stereocenters. The molecule has 2 aromatic carbocycles. The van der Waals surface area contributed by atoms with E-state index in [0.29, 0.717) is 11.1 Å². The van der Waals surface area contributed by atoms with E-state index in [2.05, 4.69) is 31.4 Å². The van der Waals surface area contributed by atoms with Gasteiger partial charge in [-0.3, -0.25) is 29.8 Å². The molecule has 2 fully saturated rings. The number of non-ortho nitro benzene ring substituents is 2. The van der Waals surface area contributed by atoms with Crippen molar-refractivity contribution in [2.24, 2.45) is 16.7 Å². The van der Waals surface area contributed by atoms with Crippen LogP contribution in [-0.2, 0) is 0 Å². The highest BCUT2D eigenvalue weighted by molar-refractivity contribution is 5.96. The first-order chi connectivity index (χ1) is 16.0. The molecule has 2 amide bonds. The smallest absolute Gasteiger partial charge is 0.269 e. The van der Waals surface area contributed by atoms with Crippen LogP contribution in [0.4, 0.5) is 11.4 Å². The molecule has 178 valence electrons. The first-order valence-corrected chi connectivity index (χ1v) is 11.1. The lowest BCUT2D eigenvalue weighted by atomic mass is 9.69. The van der Waals surface area contributed by atoms with Crippen molar-refractivity contribution in [3.05, 3.63) is 79.9 Å². The fourth-order valence-corrected chi connectivity index (χ4v) is 5.74. The number of hydrogen-bond donors (Lipinski definition) is 2. The van der Waals surface area contributed by atoms with Gasteiger partial charge < -0.3 is 10.6 Å². The van der Waals surface area contributed by atoms with E-state index in [-0.39, 0.29) is 52.0 Å². The topological polar surface area (TPSA) is 144 Å². The summed E-state index contributed by atoms with van der Waals surface area (Å²) in [5, 5.41) is 28.0. The maximum Gasteiger partial charge on any atom is 0.269 e. The number of benzene rings is 2. The molecule has 2 aliphatic carbocycles. The number of amides is 2. The Morgan fingerprint density at radius 2 is 1.26 bits per heavy atom. The van der Waals surface area contributed by atoms with Crippen molar-refractivity contribution in [2.75, 3.05) is 0 Å². The van der Waals surface area contributed by atoms with Gasteiger partial charge in [0.2, 0.25) is 0 Å². The van der Waals surface area contributed by atoms with Crippen molar-refractivity contribution < 1.29 is 19.4 Å². The van der Waals surface area contributed by atoms with Gasteiger partial charge in [-0.2, -0.15) is 0 Å². The standard InChI is InChI=1S/C24H26N4O6/c1-23(2)18-12-13-24(23,3)20(26-22(30)15-6-10-17(11-7-15)28(33)34)19(18)25-21(29)14-4-8-16(9-5-14)27(31)32/h4-11,18-20H,12-13H2,1-3H3,(H,25,29)(H,26,30). The molecule has 2 aromatic rings. The molecule has 4 unspecified atom stereocenters. The zero-order chi connectivity index (χ0) is 24.8. The molecule has 10 heteroatoms. The number of carbonyl (C=O) groups excluding carboxylic acids is 2. The SMILES string of the molecule is CC1(C)C2CCC1(C)C(NC(=O)c1ccc([N+](=O)[O-])cc1)C2NC(=O)c1ccc([N+](=O)[O-])cc1. The second-order valence-corrected chi connectivity index (χ2v) is 9.84. The van der Waals surface area contributed by atoms with Crippen LogP contribution in [0, 0.1) is 37.0 Å². The summed E-state index contributed by atoms with van der Waals surface area (Å²) in [5.74, 6) is -0.595. The third-order valence-corrected chi connectivity index (χ3v) is 8.12. The summed E-state index contributed by atoms with van der Waals surface area (Å²) in [4.78, 5) is 46.8. The number of hydrogen-bond acceptors (Lipinski definition) is 6. The average molecular weight is 466 g/mol. The summed E-state index contributed by atoms with van der Waals surface area (Å²) in [6, 6.07) is 10.1. The van der Waals surface area contributed by atoms with E-state index in [1.165, 1.54) is 48.5 Å². The Hall–Kier alpha value is -3.82. The first-order valence-electron chi connectivity index (χ1n) is 11.1. The van der Waals surface area contributed by atoms with Gasteiger partial charge in [0, 0.05) is 35.4 Å². The molecule has 2 N–H and O–H groups in total. The van der Waals surface area contributed by atoms with Crippen LogP contribution in [0.5, 0.6) is 0 Å². The normalized spacial score (nSPS) is 26.6. The van der Waals surface area contributed by atoms with Gasteiger partial charge in [0.1, 0.15) is 0 Å². The highest BCUT2D eigenvalue weighted by Gasteiger charge is 2.66. The summed E-state index contributed by atoms with van der Waals surface area (Å²) in [6.45, 7) is 6.41. The third kappa shape index (κ3) is 3.68. The lowest BCUT2D eigenvalue weighted by molar-refractivity contribution is -0.385. The molecule has 0 saturated heterocycles. The number of nitrogens with zero attached hydrogens (tertiary/aromatic N) is 2. The van der Waals surface area contributed by atoms with Crippen molar-refractivity contribution in [1.82, 2.24) is 10.6 Å². The van der Waals surface area contributed by atoms with Crippen LogP contribution in [0.3, 0.4) is 0 Å². The van der Waals surface area contributed by atoms with Crippen LogP contribution in [0.2, 0.25) is 0 Å². The first kappa shape index (κ1) is 23.3. The van der Waals surface area contributed by atoms with Crippen molar-refractivity contribution in [1.29, 1.82) is 0 Å². The number of nitro groups is 2. The minimum absolute atomic E-state index is 0.0987. The van der Waals surface area contributed by atoms with Gasteiger partial charge in [0.05, 0.1) is 21.9 Å². The molecule has 4 rings (SSSR count). The molecule has 10 nitrogen and oxygen atoms in total. The zero-order valence-electron chi connectivity index (χ0n) is 19.1. The van der Waals surface area contributed by atoms with E-state index in [9.17, 15) is 29.8 Å². The fourth-order valence-electron chi connectivity index (χ4n) is 5.74. The van der Waals surface area contributed by atoms with Crippen LogP contribution in [0.1, 0.15) is 54.3 Å². The van der Waals surface area contributed by atoms with Crippen LogP contribution < -0.4 is 10.6 Å². The van der Waals surface area contributed by atoms with Gasteiger partial charge in [0.25, 0.3) is 23.2 Å².